The van der Waals surface area contributed by atoms with Crippen molar-refractivity contribution in [1.29, 1.82) is 0 Å². The number of carbonyl (C=O) groups is 2. The third-order valence-corrected chi connectivity index (χ3v) is 5.57. The Morgan fingerprint density at radius 1 is 1.23 bits per heavy atom. The Labute approximate surface area is 179 Å². The standard InChI is InChI=1S/C20H17F2N3O3S2/c1-12(26)23-10-14-7-8-17(30-14)15-11-29-20(24-15)25-18(27)9-6-13-4-2-3-5-16(13)28-19(21)22/h2-9,11,19H,10H2,1H3,(H,23,26)(H,24,25,27)/b9-6+. The van der Waals surface area contributed by atoms with E-state index in [9.17, 15) is 18.4 Å². The van der Waals surface area contributed by atoms with Crippen LogP contribution < -0.4 is 15.4 Å². The van der Waals surface area contributed by atoms with Crippen LogP contribution in [0.3, 0.4) is 0 Å². The van der Waals surface area contributed by atoms with Crippen molar-refractivity contribution in [1.82, 2.24) is 10.3 Å². The molecule has 6 nitrogen and oxygen atoms in total. The molecule has 2 N–H and O–H groups in total. The maximum absolute atomic E-state index is 12.5. The van der Waals surface area contributed by atoms with Crippen molar-refractivity contribution in [2.24, 2.45) is 0 Å². The van der Waals surface area contributed by atoms with Gasteiger partial charge >= 0.3 is 6.61 Å². The molecule has 3 aromatic rings. The van der Waals surface area contributed by atoms with Crippen LogP contribution in [-0.4, -0.2) is 23.4 Å². The highest BCUT2D eigenvalue weighted by Gasteiger charge is 2.10. The molecule has 0 saturated heterocycles. The van der Waals surface area contributed by atoms with Crippen molar-refractivity contribution in [3.63, 3.8) is 0 Å². The number of para-hydroxylation sites is 1. The summed E-state index contributed by atoms with van der Waals surface area (Å²) in [7, 11) is 0. The highest BCUT2D eigenvalue weighted by atomic mass is 32.1. The van der Waals surface area contributed by atoms with E-state index in [0.29, 0.717) is 22.9 Å². The van der Waals surface area contributed by atoms with E-state index in [0.717, 1.165) is 9.75 Å². The van der Waals surface area contributed by atoms with Gasteiger partial charge in [-0.1, -0.05) is 18.2 Å². The fraction of sp³-hybridized carbons (Fsp3) is 0.150. The lowest BCUT2D eigenvalue weighted by atomic mass is 10.2. The van der Waals surface area contributed by atoms with Crippen LogP contribution in [0.4, 0.5) is 13.9 Å². The van der Waals surface area contributed by atoms with Crippen molar-refractivity contribution >= 4 is 45.7 Å². The Bertz CT molecular complexity index is 1060. The Morgan fingerprint density at radius 3 is 2.80 bits per heavy atom. The summed E-state index contributed by atoms with van der Waals surface area (Å²) in [6.45, 7) is -1.03. The molecule has 0 atom stereocenters. The molecular formula is C20H17F2N3O3S2. The maximum atomic E-state index is 12.5. The fourth-order valence-electron chi connectivity index (χ4n) is 2.40. The van der Waals surface area contributed by atoms with Gasteiger partial charge in [-0.15, -0.1) is 22.7 Å². The Balaban J connectivity index is 1.62. The second kappa shape index (κ2) is 10.1. The number of nitrogens with zero attached hydrogens (tertiary/aromatic N) is 1. The van der Waals surface area contributed by atoms with Crippen LogP contribution >= 0.6 is 22.7 Å². The average Bonchev–Trinajstić information content (AvgIpc) is 3.34. The van der Waals surface area contributed by atoms with Gasteiger partial charge in [-0.05, 0) is 24.3 Å². The quantitative estimate of drug-likeness (QED) is 0.486. The predicted molar refractivity (Wildman–Crippen MR) is 114 cm³/mol. The Morgan fingerprint density at radius 2 is 2.03 bits per heavy atom. The third-order valence-electron chi connectivity index (χ3n) is 3.71. The van der Waals surface area contributed by atoms with Crippen molar-refractivity contribution < 1.29 is 23.1 Å². The molecule has 1 aromatic carbocycles. The number of ether oxygens (including phenoxy) is 1. The van der Waals surface area contributed by atoms with Crippen LogP contribution in [0.25, 0.3) is 16.6 Å². The van der Waals surface area contributed by atoms with E-state index < -0.39 is 12.5 Å². The zero-order valence-corrected chi connectivity index (χ0v) is 17.4. The first-order chi connectivity index (χ1) is 14.4. The second-order valence-corrected chi connectivity index (χ2v) is 7.98. The number of anilines is 1. The normalized spacial score (nSPS) is 11.1. The van der Waals surface area contributed by atoms with E-state index >= 15 is 0 Å². The van der Waals surface area contributed by atoms with Crippen molar-refractivity contribution in [3.05, 3.63) is 58.3 Å². The summed E-state index contributed by atoms with van der Waals surface area (Å²) in [5.74, 6) is -0.554. The highest BCUT2D eigenvalue weighted by Crippen LogP contribution is 2.31. The molecular weight excluding hydrogens is 432 g/mol. The molecule has 0 fully saturated rings. The van der Waals surface area contributed by atoms with Gasteiger partial charge in [-0.25, -0.2) is 4.98 Å². The van der Waals surface area contributed by atoms with E-state index in [1.165, 1.54) is 47.8 Å². The van der Waals surface area contributed by atoms with E-state index in [1.54, 1.807) is 18.2 Å². The van der Waals surface area contributed by atoms with Crippen LogP contribution in [0, 0.1) is 0 Å². The molecule has 3 rings (SSSR count). The van der Waals surface area contributed by atoms with Crippen LogP contribution in [0.2, 0.25) is 0 Å². The minimum absolute atomic E-state index is 0.0131. The molecule has 0 radical (unpaired) electrons. The smallest absolute Gasteiger partial charge is 0.387 e. The molecule has 0 saturated carbocycles. The number of amides is 2. The fourth-order valence-corrected chi connectivity index (χ4v) is 4.10. The minimum Gasteiger partial charge on any atom is -0.434 e. The summed E-state index contributed by atoms with van der Waals surface area (Å²) in [5.41, 5.74) is 1.08. The lowest BCUT2D eigenvalue weighted by molar-refractivity contribution is -0.119. The van der Waals surface area contributed by atoms with E-state index in [4.69, 9.17) is 0 Å². The number of alkyl halides is 2. The molecule has 0 aliphatic carbocycles. The second-order valence-electron chi connectivity index (χ2n) is 5.95. The highest BCUT2D eigenvalue weighted by molar-refractivity contribution is 7.17. The summed E-state index contributed by atoms with van der Waals surface area (Å²) in [6.07, 6.45) is 2.63. The third kappa shape index (κ3) is 6.19. The topological polar surface area (TPSA) is 80.3 Å². The number of halogens is 2. The van der Waals surface area contributed by atoms with Crippen LogP contribution in [0.5, 0.6) is 5.75 Å². The molecule has 156 valence electrons. The van der Waals surface area contributed by atoms with Crippen LogP contribution in [0.1, 0.15) is 17.4 Å². The summed E-state index contributed by atoms with van der Waals surface area (Å²) in [4.78, 5) is 29.5. The minimum atomic E-state index is -2.95. The molecule has 2 aromatic heterocycles. The molecule has 0 bridgehead atoms. The molecule has 0 aliphatic heterocycles. The van der Waals surface area contributed by atoms with Gasteiger partial charge < -0.3 is 10.1 Å². The number of carbonyl (C=O) groups excluding carboxylic acids is 2. The summed E-state index contributed by atoms with van der Waals surface area (Å²) in [6, 6.07) is 10.0. The summed E-state index contributed by atoms with van der Waals surface area (Å²) >= 11 is 2.77. The SMILES string of the molecule is CC(=O)NCc1ccc(-c2csc(NC(=O)/C=C/c3ccccc3OC(F)F)n2)s1. The number of aromatic nitrogens is 1. The van der Waals surface area contributed by atoms with Gasteiger partial charge in [0.2, 0.25) is 11.8 Å². The first kappa shape index (κ1) is 21.6. The van der Waals surface area contributed by atoms with Crippen molar-refractivity contribution in [3.8, 4) is 16.3 Å². The van der Waals surface area contributed by atoms with E-state index in [-0.39, 0.29) is 11.7 Å². The van der Waals surface area contributed by atoms with Crippen molar-refractivity contribution in [2.45, 2.75) is 20.1 Å². The average molecular weight is 450 g/mol. The van der Waals surface area contributed by atoms with E-state index in [1.807, 2.05) is 17.5 Å². The van der Waals surface area contributed by atoms with Gasteiger partial charge in [0, 0.05) is 28.8 Å². The molecule has 10 heteroatoms. The summed E-state index contributed by atoms with van der Waals surface area (Å²) in [5, 5.41) is 7.62. The molecule has 30 heavy (non-hydrogen) atoms. The van der Waals surface area contributed by atoms with Gasteiger partial charge in [-0.3, -0.25) is 14.9 Å². The molecule has 2 amide bonds. The zero-order valence-electron chi connectivity index (χ0n) is 15.7. The van der Waals surface area contributed by atoms with Gasteiger partial charge in [0.25, 0.3) is 0 Å². The van der Waals surface area contributed by atoms with Gasteiger partial charge in [0.05, 0.1) is 17.1 Å². The Hall–Kier alpha value is -3.11. The van der Waals surface area contributed by atoms with Crippen LogP contribution in [0.15, 0.2) is 47.9 Å². The number of thiazole rings is 1. The number of thiophene rings is 1. The molecule has 2 heterocycles. The van der Waals surface area contributed by atoms with Gasteiger partial charge in [0.15, 0.2) is 5.13 Å². The molecule has 0 unspecified atom stereocenters. The van der Waals surface area contributed by atoms with Crippen LogP contribution in [-0.2, 0) is 16.1 Å². The maximum Gasteiger partial charge on any atom is 0.387 e. The first-order valence-corrected chi connectivity index (χ1v) is 10.4. The van der Waals surface area contributed by atoms with Gasteiger partial charge in [0.1, 0.15) is 5.75 Å². The van der Waals surface area contributed by atoms with E-state index in [2.05, 4.69) is 20.4 Å². The zero-order chi connectivity index (χ0) is 21.5. The first-order valence-electron chi connectivity index (χ1n) is 8.72. The monoisotopic (exact) mass is 449 g/mol. The molecule has 0 aliphatic rings. The predicted octanol–water partition coefficient (Wildman–Crippen LogP) is 4.76. The number of benzene rings is 1. The largest absolute Gasteiger partial charge is 0.434 e. The summed E-state index contributed by atoms with van der Waals surface area (Å²) < 4.78 is 29.3. The lowest BCUT2D eigenvalue weighted by Gasteiger charge is -2.07. The number of hydrogen-bond acceptors (Lipinski definition) is 6. The number of hydrogen-bond donors (Lipinski definition) is 2. The lowest BCUT2D eigenvalue weighted by Crippen LogP contribution is -2.17. The Kier molecular flexibility index (Phi) is 7.26. The number of nitrogens with one attached hydrogen (secondary N) is 2. The van der Waals surface area contributed by atoms with Gasteiger partial charge in [-0.2, -0.15) is 8.78 Å². The van der Waals surface area contributed by atoms with Crippen molar-refractivity contribution in [2.75, 3.05) is 5.32 Å². The number of rotatable bonds is 8. The molecule has 0 spiro atoms.